The second-order valence-electron chi connectivity index (χ2n) is 5.78. The molecule has 0 radical (unpaired) electrons. The molecule has 2 amide bonds. The van der Waals surface area contributed by atoms with Gasteiger partial charge in [0, 0.05) is 31.9 Å². The molecule has 2 rings (SSSR count). The first kappa shape index (κ1) is 16.5. The number of anilines is 1. The fourth-order valence-corrected chi connectivity index (χ4v) is 2.47. The number of ether oxygens (including phenoxy) is 1. The normalized spacial score (nSPS) is 20.7. The summed E-state index contributed by atoms with van der Waals surface area (Å²) in [6.07, 6.45) is 0.957. The predicted octanol–water partition coefficient (Wildman–Crippen LogP) is 1.14. The molecule has 1 aromatic rings. The molecule has 1 heterocycles. The molecule has 0 bridgehead atoms. The van der Waals surface area contributed by atoms with E-state index >= 15 is 0 Å². The first-order valence-corrected chi connectivity index (χ1v) is 7.41. The van der Waals surface area contributed by atoms with Crippen LogP contribution in [0.1, 0.15) is 28.8 Å². The lowest BCUT2D eigenvalue weighted by atomic mass is 10.1. The van der Waals surface area contributed by atoms with Gasteiger partial charge in [-0.15, -0.1) is 0 Å². The number of nitrogens with one attached hydrogen (secondary N) is 1. The van der Waals surface area contributed by atoms with Crippen LogP contribution in [0.4, 0.5) is 5.69 Å². The van der Waals surface area contributed by atoms with E-state index in [0.717, 1.165) is 12.0 Å². The maximum atomic E-state index is 12.2. The topological polar surface area (TPSA) is 84.7 Å². The first-order chi connectivity index (χ1) is 10.4. The maximum Gasteiger partial charge on any atom is 0.253 e. The molecule has 0 unspecified atom stereocenters. The van der Waals surface area contributed by atoms with Crippen molar-refractivity contribution < 1.29 is 14.3 Å². The van der Waals surface area contributed by atoms with E-state index in [0.29, 0.717) is 24.2 Å². The molecule has 3 N–H and O–H groups in total. The highest BCUT2D eigenvalue weighted by atomic mass is 16.5. The van der Waals surface area contributed by atoms with E-state index in [1.807, 2.05) is 13.0 Å². The van der Waals surface area contributed by atoms with Gasteiger partial charge in [0.25, 0.3) is 11.8 Å². The number of rotatable bonds is 4. The molecule has 6 heteroatoms. The van der Waals surface area contributed by atoms with Crippen LogP contribution in [-0.2, 0) is 9.53 Å². The summed E-state index contributed by atoms with van der Waals surface area (Å²) in [6, 6.07) is 5.31. The van der Waals surface area contributed by atoms with Crippen LogP contribution < -0.4 is 11.1 Å². The fourth-order valence-electron chi connectivity index (χ4n) is 2.47. The fraction of sp³-hybridized carbons (Fsp3) is 0.500. The number of hydrogen-bond acceptors (Lipinski definition) is 4. The number of amides is 2. The van der Waals surface area contributed by atoms with Crippen LogP contribution in [0.5, 0.6) is 0 Å². The zero-order valence-corrected chi connectivity index (χ0v) is 13.3. The van der Waals surface area contributed by atoms with E-state index in [4.69, 9.17) is 10.5 Å². The largest absolute Gasteiger partial charge is 0.364 e. The number of carbonyl (C=O) groups is 2. The van der Waals surface area contributed by atoms with Gasteiger partial charge in [-0.05, 0) is 37.5 Å². The third-order valence-electron chi connectivity index (χ3n) is 3.80. The van der Waals surface area contributed by atoms with Gasteiger partial charge in [-0.1, -0.05) is 6.07 Å². The lowest BCUT2D eigenvalue weighted by molar-refractivity contribution is -0.126. The summed E-state index contributed by atoms with van der Waals surface area (Å²) < 4.78 is 5.57. The molecule has 1 aliphatic rings. The standard InChI is InChI=1S/C16H23N3O3/c1-10-4-5-11(8-13(10)16(21)19(2)3)18-15(20)14-7-6-12(9-17)22-14/h4-5,8,12,14H,6-7,9,17H2,1-3H3,(H,18,20)/t12-,14+/m1/s1. The van der Waals surface area contributed by atoms with Crippen LogP contribution in [0.15, 0.2) is 18.2 Å². The van der Waals surface area contributed by atoms with E-state index in [9.17, 15) is 9.59 Å². The van der Waals surface area contributed by atoms with Gasteiger partial charge in [-0.2, -0.15) is 0 Å². The highest BCUT2D eigenvalue weighted by molar-refractivity contribution is 5.99. The molecule has 1 saturated heterocycles. The second-order valence-corrected chi connectivity index (χ2v) is 5.78. The zero-order valence-electron chi connectivity index (χ0n) is 13.3. The molecular formula is C16H23N3O3. The van der Waals surface area contributed by atoms with Crippen molar-refractivity contribution in [3.8, 4) is 0 Å². The van der Waals surface area contributed by atoms with E-state index in [2.05, 4.69) is 5.32 Å². The van der Waals surface area contributed by atoms with Gasteiger partial charge in [-0.3, -0.25) is 9.59 Å². The third-order valence-corrected chi connectivity index (χ3v) is 3.80. The molecule has 1 aliphatic heterocycles. The third kappa shape index (κ3) is 3.64. The molecule has 1 fully saturated rings. The number of hydrogen-bond donors (Lipinski definition) is 2. The van der Waals surface area contributed by atoms with E-state index < -0.39 is 6.10 Å². The van der Waals surface area contributed by atoms with Gasteiger partial charge in [-0.25, -0.2) is 0 Å². The van der Waals surface area contributed by atoms with Crippen molar-refractivity contribution in [1.29, 1.82) is 0 Å². The molecule has 120 valence electrons. The predicted molar refractivity (Wildman–Crippen MR) is 84.8 cm³/mol. The lowest BCUT2D eigenvalue weighted by Crippen LogP contribution is -2.30. The Hall–Kier alpha value is -1.92. The van der Waals surface area contributed by atoms with Gasteiger partial charge in [0.2, 0.25) is 0 Å². The lowest BCUT2D eigenvalue weighted by Gasteiger charge is -2.16. The first-order valence-electron chi connectivity index (χ1n) is 7.41. The van der Waals surface area contributed by atoms with Gasteiger partial charge >= 0.3 is 0 Å². The molecule has 1 aromatic carbocycles. The quantitative estimate of drug-likeness (QED) is 0.873. The van der Waals surface area contributed by atoms with Crippen LogP contribution in [0.25, 0.3) is 0 Å². The van der Waals surface area contributed by atoms with Crippen molar-refractivity contribution in [2.45, 2.75) is 32.0 Å². The molecule has 22 heavy (non-hydrogen) atoms. The number of nitrogens with zero attached hydrogens (tertiary/aromatic N) is 1. The number of carbonyl (C=O) groups excluding carboxylic acids is 2. The van der Waals surface area contributed by atoms with Crippen LogP contribution in [0.3, 0.4) is 0 Å². The van der Waals surface area contributed by atoms with Crippen molar-refractivity contribution in [2.75, 3.05) is 26.0 Å². The Kier molecular flexibility index (Phi) is 5.15. The van der Waals surface area contributed by atoms with Crippen molar-refractivity contribution in [2.24, 2.45) is 5.73 Å². The van der Waals surface area contributed by atoms with E-state index in [-0.39, 0.29) is 17.9 Å². The molecule has 0 spiro atoms. The van der Waals surface area contributed by atoms with Gasteiger partial charge in [0.05, 0.1) is 6.10 Å². The summed E-state index contributed by atoms with van der Waals surface area (Å²) >= 11 is 0. The Morgan fingerprint density at radius 2 is 2.09 bits per heavy atom. The van der Waals surface area contributed by atoms with Crippen LogP contribution in [0.2, 0.25) is 0 Å². The minimum absolute atomic E-state index is 0.0420. The highest BCUT2D eigenvalue weighted by Gasteiger charge is 2.30. The Labute approximate surface area is 130 Å². The minimum atomic E-state index is -0.470. The summed E-state index contributed by atoms with van der Waals surface area (Å²) in [5.74, 6) is -0.281. The van der Waals surface area contributed by atoms with E-state index in [1.54, 1.807) is 26.2 Å². The summed E-state index contributed by atoms with van der Waals surface area (Å²) in [5, 5.41) is 2.81. The van der Waals surface area contributed by atoms with Crippen LogP contribution in [0, 0.1) is 6.92 Å². The monoisotopic (exact) mass is 305 g/mol. The molecular weight excluding hydrogens is 282 g/mol. The second kappa shape index (κ2) is 6.89. The highest BCUT2D eigenvalue weighted by Crippen LogP contribution is 2.22. The summed E-state index contributed by atoms with van der Waals surface area (Å²) in [6.45, 7) is 2.30. The molecule has 0 aliphatic carbocycles. The average molecular weight is 305 g/mol. The average Bonchev–Trinajstić information content (AvgIpc) is 2.97. The van der Waals surface area contributed by atoms with Crippen molar-refractivity contribution in [3.63, 3.8) is 0 Å². The smallest absolute Gasteiger partial charge is 0.253 e. The summed E-state index contributed by atoms with van der Waals surface area (Å²) in [5.41, 5.74) is 7.60. The SMILES string of the molecule is Cc1ccc(NC(=O)[C@@H]2CC[C@H](CN)O2)cc1C(=O)N(C)C. The molecule has 0 aromatic heterocycles. The van der Waals surface area contributed by atoms with Crippen LogP contribution in [-0.4, -0.2) is 49.6 Å². The number of aryl methyl sites for hydroxylation is 1. The van der Waals surface area contributed by atoms with Crippen molar-refractivity contribution >= 4 is 17.5 Å². The van der Waals surface area contributed by atoms with E-state index in [1.165, 1.54) is 4.90 Å². The number of nitrogens with two attached hydrogens (primary N) is 1. The molecule has 2 atom stereocenters. The van der Waals surface area contributed by atoms with Crippen molar-refractivity contribution in [3.05, 3.63) is 29.3 Å². The molecule has 6 nitrogen and oxygen atoms in total. The zero-order chi connectivity index (χ0) is 16.3. The maximum absolute atomic E-state index is 12.2. The van der Waals surface area contributed by atoms with Gasteiger partial charge < -0.3 is 20.7 Å². The van der Waals surface area contributed by atoms with Gasteiger partial charge in [0.15, 0.2) is 0 Å². The Bertz CT molecular complexity index is 572. The number of benzene rings is 1. The Morgan fingerprint density at radius 1 is 1.36 bits per heavy atom. The van der Waals surface area contributed by atoms with Gasteiger partial charge in [0.1, 0.15) is 6.10 Å². The Balaban J connectivity index is 2.09. The summed E-state index contributed by atoms with van der Waals surface area (Å²) in [7, 11) is 3.40. The summed E-state index contributed by atoms with van der Waals surface area (Å²) in [4.78, 5) is 25.8. The van der Waals surface area contributed by atoms with Crippen molar-refractivity contribution in [1.82, 2.24) is 4.90 Å². The molecule has 0 saturated carbocycles. The Morgan fingerprint density at radius 3 is 2.68 bits per heavy atom. The minimum Gasteiger partial charge on any atom is -0.364 e. The van der Waals surface area contributed by atoms with Crippen LogP contribution >= 0.6 is 0 Å².